The molecule has 0 rings (SSSR count). The van der Waals surface area contributed by atoms with Crippen LogP contribution >= 0.6 is 0 Å². The molecule has 0 aromatic carbocycles. The molecule has 0 aromatic heterocycles. The molecule has 6 N–H and O–H groups in total. The number of rotatable bonds is 17. The molecule has 0 amide bonds. The molecule has 0 aliphatic heterocycles. The quantitative estimate of drug-likeness (QED) is 0.0903. The predicted molar refractivity (Wildman–Crippen MR) is 200 cm³/mol. The van der Waals surface area contributed by atoms with E-state index in [2.05, 4.69) is 109 Å². The normalized spacial score (nSPS) is 12.6. The van der Waals surface area contributed by atoms with Crippen molar-refractivity contribution in [3.63, 3.8) is 0 Å². The van der Waals surface area contributed by atoms with Gasteiger partial charge in [0.2, 0.25) is 0 Å². The van der Waals surface area contributed by atoms with Gasteiger partial charge in [0.05, 0.1) is 0 Å². The summed E-state index contributed by atoms with van der Waals surface area (Å²) in [4.78, 5) is 0. The van der Waals surface area contributed by atoms with E-state index in [4.69, 9.17) is 21.9 Å². The molecule has 0 saturated carbocycles. The third-order valence-electron chi connectivity index (χ3n) is 7.95. The smallest absolute Gasteiger partial charge is 0.146 e. The van der Waals surface area contributed by atoms with E-state index in [1.807, 2.05) is 0 Å². The Kier molecular flexibility index (Phi) is 56.8. The topological polar surface area (TPSA) is 87.3 Å². The van der Waals surface area contributed by atoms with Crippen LogP contribution in [0.2, 0.25) is 35.9 Å². The van der Waals surface area contributed by atoms with Crippen molar-refractivity contribution in [2.75, 3.05) is 33.4 Å². The molecule has 0 bridgehead atoms. The van der Waals surface area contributed by atoms with Gasteiger partial charge in [-0.3, -0.25) is 0 Å². The molecule has 0 aliphatic rings. The molecular weight excluding hydrogens is 500 g/mol. The van der Waals surface area contributed by atoms with E-state index in [1.165, 1.54) is 38.3 Å². The fourth-order valence-corrected chi connectivity index (χ4v) is 4.70. The van der Waals surface area contributed by atoms with Gasteiger partial charge in [-0.2, -0.15) is 0 Å². The van der Waals surface area contributed by atoms with E-state index in [-0.39, 0.29) is 0 Å². The van der Waals surface area contributed by atoms with Gasteiger partial charge in [0, 0.05) is 13.7 Å². The first-order valence-corrected chi connectivity index (χ1v) is 17.0. The number of ether oxygens (including phenoxy) is 1. The predicted octanol–water partition coefficient (Wildman–Crippen LogP) is 10.4. The molecule has 0 saturated heterocycles. The Labute approximate surface area is 264 Å². The second-order valence-electron chi connectivity index (χ2n) is 12.2. The first kappa shape index (κ1) is 53.0. The molecule has 4 unspecified atom stereocenters. The standard InChI is InChI=1S/2C12H27B.C4H11NO.C3H10N2.2C2H4/c2*1-7-11(5)13(9-10(3)4)12(6)8-2;1-6-4-2-3-5;4-2-1-3-5;2*1-2/h2*10-12H,7-9H2,1-6H3;2-5H2,1H3;1-5H2;2*1-2H2. The first-order chi connectivity index (χ1) is 19.4. The van der Waals surface area contributed by atoms with E-state index in [0.29, 0.717) is 0 Å². The summed E-state index contributed by atoms with van der Waals surface area (Å²) in [5, 5.41) is 0. The van der Waals surface area contributed by atoms with Gasteiger partial charge < -0.3 is 21.9 Å². The van der Waals surface area contributed by atoms with Crippen molar-refractivity contribution >= 4 is 13.4 Å². The van der Waals surface area contributed by atoms with E-state index in [0.717, 1.165) is 87.6 Å². The van der Waals surface area contributed by atoms with Crippen molar-refractivity contribution in [1.82, 2.24) is 0 Å². The van der Waals surface area contributed by atoms with Crippen molar-refractivity contribution in [3.8, 4) is 0 Å². The summed E-state index contributed by atoms with van der Waals surface area (Å²) in [5.74, 6) is 5.31. The molecular formula is C35H83B2N3O. The lowest BCUT2D eigenvalue weighted by molar-refractivity contribution is 0.197. The average molecular weight is 584 g/mol. The fourth-order valence-electron chi connectivity index (χ4n) is 4.70. The van der Waals surface area contributed by atoms with Crippen molar-refractivity contribution in [2.24, 2.45) is 29.0 Å². The van der Waals surface area contributed by atoms with Crippen LogP contribution in [-0.2, 0) is 4.74 Å². The number of hydrogen-bond acceptors (Lipinski definition) is 4. The Balaban J connectivity index is -0.000000102. The zero-order chi connectivity index (χ0) is 33.8. The van der Waals surface area contributed by atoms with Gasteiger partial charge in [0.25, 0.3) is 0 Å². The van der Waals surface area contributed by atoms with Crippen LogP contribution in [0, 0.1) is 11.8 Å². The van der Waals surface area contributed by atoms with Crippen LogP contribution in [0.1, 0.15) is 122 Å². The van der Waals surface area contributed by atoms with Gasteiger partial charge in [-0.25, -0.2) is 0 Å². The Morgan fingerprint density at radius 2 is 0.756 bits per heavy atom. The Morgan fingerprint density at radius 3 is 0.854 bits per heavy atom. The number of nitrogens with two attached hydrogens (primary N) is 3. The lowest BCUT2D eigenvalue weighted by Crippen LogP contribution is -2.25. The van der Waals surface area contributed by atoms with Gasteiger partial charge in [0.15, 0.2) is 0 Å². The molecule has 0 fully saturated rings. The van der Waals surface area contributed by atoms with Crippen LogP contribution in [0.3, 0.4) is 0 Å². The minimum atomic E-state index is 0.719. The fraction of sp³-hybridized carbons (Fsp3) is 0.886. The van der Waals surface area contributed by atoms with Gasteiger partial charge >= 0.3 is 0 Å². The van der Waals surface area contributed by atoms with E-state index in [9.17, 15) is 0 Å². The van der Waals surface area contributed by atoms with Crippen molar-refractivity contribution in [2.45, 2.75) is 158 Å². The Hall–Kier alpha value is -0.550. The van der Waals surface area contributed by atoms with E-state index < -0.39 is 0 Å². The molecule has 250 valence electrons. The Morgan fingerprint density at radius 1 is 0.512 bits per heavy atom. The molecule has 0 spiro atoms. The maximum atomic E-state index is 5.13. The van der Waals surface area contributed by atoms with Crippen molar-refractivity contribution in [1.29, 1.82) is 0 Å². The van der Waals surface area contributed by atoms with E-state index >= 15 is 0 Å². The molecule has 0 radical (unpaired) electrons. The first-order valence-electron chi connectivity index (χ1n) is 17.0. The highest BCUT2D eigenvalue weighted by atomic mass is 16.5. The number of methoxy groups -OCH3 is 1. The summed E-state index contributed by atoms with van der Waals surface area (Å²) < 4.78 is 4.70. The van der Waals surface area contributed by atoms with Gasteiger partial charge in [-0.15, -0.1) is 26.3 Å². The van der Waals surface area contributed by atoms with Crippen LogP contribution in [-0.4, -0.2) is 46.8 Å². The summed E-state index contributed by atoms with van der Waals surface area (Å²) in [6, 6.07) is 0. The minimum Gasteiger partial charge on any atom is -0.385 e. The summed E-state index contributed by atoms with van der Waals surface area (Å²) >= 11 is 0. The van der Waals surface area contributed by atoms with Crippen LogP contribution in [0.5, 0.6) is 0 Å². The maximum absolute atomic E-state index is 5.13. The highest BCUT2D eigenvalue weighted by molar-refractivity contribution is 6.62. The zero-order valence-electron chi connectivity index (χ0n) is 31.1. The molecule has 41 heavy (non-hydrogen) atoms. The lowest BCUT2D eigenvalue weighted by Gasteiger charge is -2.26. The van der Waals surface area contributed by atoms with Crippen LogP contribution in [0.25, 0.3) is 0 Å². The largest absolute Gasteiger partial charge is 0.385 e. The summed E-state index contributed by atoms with van der Waals surface area (Å²) in [7, 11) is 1.68. The van der Waals surface area contributed by atoms with Crippen LogP contribution < -0.4 is 17.2 Å². The van der Waals surface area contributed by atoms with Crippen molar-refractivity contribution < 1.29 is 4.74 Å². The molecule has 6 heteroatoms. The molecule has 0 aromatic rings. The highest BCUT2D eigenvalue weighted by Gasteiger charge is 2.26. The average Bonchev–Trinajstić information content (AvgIpc) is 2.99. The third-order valence-corrected chi connectivity index (χ3v) is 7.95. The van der Waals surface area contributed by atoms with Gasteiger partial charge in [-0.1, -0.05) is 157 Å². The monoisotopic (exact) mass is 584 g/mol. The van der Waals surface area contributed by atoms with Crippen LogP contribution in [0.15, 0.2) is 26.3 Å². The molecule has 4 nitrogen and oxygen atoms in total. The molecule has 4 atom stereocenters. The van der Waals surface area contributed by atoms with Crippen LogP contribution in [0.4, 0.5) is 0 Å². The summed E-state index contributed by atoms with van der Waals surface area (Å²) in [5.41, 5.74) is 15.3. The van der Waals surface area contributed by atoms with E-state index in [1.54, 1.807) is 7.11 Å². The SMILES string of the molecule is C=C.C=C.CCC(C)B(CC(C)C)C(C)CC.CCC(C)B(CC(C)C)C(C)CC.COCCCN.NCCCN. The summed E-state index contributed by atoms with van der Waals surface area (Å²) in [6.45, 7) is 45.2. The van der Waals surface area contributed by atoms with Gasteiger partial charge in [-0.05, 0) is 32.5 Å². The highest BCUT2D eigenvalue weighted by Crippen LogP contribution is 2.32. The third kappa shape index (κ3) is 41.6. The van der Waals surface area contributed by atoms with Gasteiger partial charge in [0.1, 0.15) is 13.4 Å². The second kappa shape index (κ2) is 43.9. The lowest BCUT2D eigenvalue weighted by atomic mass is 9.31. The maximum Gasteiger partial charge on any atom is 0.146 e. The molecule has 0 aliphatic carbocycles. The zero-order valence-corrected chi connectivity index (χ0v) is 31.1. The van der Waals surface area contributed by atoms with Crippen molar-refractivity contribution in [3.05, 3.63) is 26.3 Å². The summed E-state index contributed by atoms with van der Waals surface area (Å²) in [6.07, 6.45) is 10.1. The number of hydrogen-bond donors (Lipinski definition) is 3. The molecule has 0 heterocycles. The Bertz CT molecular complexity index is 384. The minimum absolute atomic E-state index is 0.719. The second-order valence-corrected chi connectivity index (χ2v) is 12.2.